The molecule has 1 aliphatic heterocycles. The van der Waals surface area contributed by atoms with Gasteiger partial charge in [-0.15, -0.1) is 0 Å². The van der Waals surface area contributed by atoms with Crippen molar-refractivity contribution in [3.05, 3.63) is 0 Å². The van der Waals surface area contributed by atoms with E-state index in [1.165, 1.54) is 13.8 Å². The van der Waals surface area contributed by atoms with Crippen molar-refractivity contribution in [3.63, 3.8) is 0 Å². The second kappa shape index (κ2) is 11.3. The minimum atomic E-state index is -1.52. The van der Waals surface area contributed by atoms with Gasteiger partial charge in [0, 0.05) is 5.41 Å². The van der Waals surface area contributed by atoms with Crippen LogP contribution in [0.15, 0.2) is 0 Å². The molecule has 17 atom stereocenters. The first-order valence-electron chi connectivity index (χ1n) is 18.0. The summed E-state index contributed by atoms with van der Waals surface area (Å²) in [5.74, 6) is 0.913. The number of aliphatic hydroxyl groups is 8. The van der Waals surface area contributed by atoms with Crippen LogP contribution in [-0.2, 0) is 9.47 Å². The zero-order chi connectivity index (χ0) is 34.0. The molecule has 46 heavy (non-hydrogen) atoms. The number of aliphatic hydroxyl groups excluding tert-OH is 7. The monoisotopic (exact) mass is 654 g/mol. The van der Waals surface area contributed by atoms with Gasteiger partial charge in [-0.2, -0.15) is 0 Å². The molecular weight excluding hydrogens is 592 g/mol. The van der Waals surface area contributed by atoms with E-state index in [4.69, 9.17) is 9.47 Å². The van der Waals surface area contributed by atoms with Gasteiger partial charge >= 0.3 is 0 Å². The van der Waals surface area contributed by atoms with Crippen LogP contribution in [-0.4, -0.2) is 108 Å². The van der Waals surface area contributed by atoms with Gasteiger partial charge in [0.15, 0.2) is 6.29 Å². The summed E-state index contributed by atoms with van der Waals surface area (Å²) in [6.45, 7) is 13.8. The molecule has 0 spiro atoms. The van der Waals surface area contributed by atoms with Gasteiger partial charge in [-0.05, 0) is 117 Å². The standard InChI is InChI=1S/C36H62O10/c1-18(14-20(38)29(43)32(4,5)44)19-8-13-36-17-35(19,36)12-9-22-33(6)11-10-24(39)31(2,3)23(33)15-25(34(22,36)7)46-30-28(42)27(41)26(40)21(16-37)45-30/h18-30,37-44H,8-17H2,1-7H3/t18-,19-,20-,21-,22-,23+,24-,25-,26-,27+,28-,29+,30+,33-,34+,35+,36-/m1/s1. The van der Waals surface area contributed by atoms with Crippen molar-refractivity contribution in [1.29, 1.82) is 0 Å². The molecule has 1 heterocycles. The van der Waals surface area contributed by atoms with Gasteiger partial charge in [0.25, 0.3) is 0 Å². The van der Waals surface area contributed by atoms with Crippen molar-refractivity contribution in [3.8, 4) is 0 Å². The quantitative estimate of drug-likeness (QED) is 0.181. The third kappa shape index (κ3) is 4.71. The Morgan fingerprint density at radius 2 is 1.57 bits per heavy atom. The van der Waals surface area contributed by atoms with E-state index < -0.39 is 61.2 Å². The number of ether oxygens (including phenoxy) is 2. The molecule has 0 bridgehead atoms. The number of hydrogen-bond donors (Lipinski definition) is 8. The van der Waals surface area contributed by atoms with E-state index in [1.807, 2.05) is 0 Å². The first-order chi connectivity index (χ1) is 21.2. The number of fused-ring (bicyclic) bond motifs is 3. The van der Waals surface area contributed by atoms with Gasteiger partial charge < -0.3 is 50.3 Å². The van der Waals surface area contributed by atoms with Crippen molar-refractivity contribution in [2.24, 2.45) is 50.7 Å². The Morgan fingerprint density at radius 1 is 0.891 bits per heavy atom. The maximum atomic E-state index is 11.2. The largest absolute Gasteiger partial charge is 0.394 e. The highest BCUT2D eigenvalue weighted by Gasteiger charge is 2.85. The minimum absolute atomic E-state index is 0.0331. The zero-order valence-corrected chi connectivity index (χ0v) is 29.0. The maximum Gasteiger partial charge on any atom is 0.186 e. The predicted octanol–water partition coefficient (Wildman–Crippen LogP) is 2.10. The second-order valence-corrected chi connectivity index (χ2v) is 18.3. The van der Waals surface area contributed by atoms with Gasteiger partial charge in [-0.25, -0.2) is 0 Å². The molecule has 0 amide bonds. The third-order valence-electron chi connectivity index (χ3n) is 15.6. The maximum absolute atomic E-state index is 11.2. The summed E-state index contributed by atoms with van der Waals surface area (Å²) >= 11 is 0. The lowest BCUT2D eigenvalue weighted by Gasteiger charge is -2.69. The topological polar surface area (TPSA) is 180 Å². The summed E-state index contributed by atoms with van der Waals surface area (Å²) < 4.78 is 12.8. The Kier molecular flexibility index (Phi) is 8.71. The summed E-state index contributed by atoms with van der Waals surface area (Å²) in [6, 6.07) is 0. The number of rotatable bonds is 8. The van der Waals surface area contributed by atoms with E-state index in [2.05, 4.69) is 34.6 Å². The van der Waals surface area contributed by atoms with Crippen molar-refractivity contribution < 1.29 is 50.3 Å². The fourth-order valence-electron chi connectivity index (χ4n) is 13.1. The van der Waals surface area contributed by atoms with Gasteiger partial charge in [0.1, 0.15) is 30.5 Å². The normalized spacial score (nSPS) is 53.3. The van der Waals surface area contributed by atoms with Crippen LogP contribution >= 0.6 is 0 Å². The molecule has 0 aromatic carbocycles. The Labute approximate surface area is 274 Å². The molecule has 8 N–H and O–H groups in total. The van der Waals surface area contributed by atoms with Crippen LogP contribution in [0.3, 0.4) is 0 Å². The highest BCUT2D eigenvalue weighted by atomic mass is 16.7. The molecule has 0 radical (unpaired) electrons. The average Bonchev–Trinajstić information content (AvgIpc) is 3.55. The van der Waals surface area contributed by atoms with Gasteiger partial charge in [0.2, 0.25) is 0 Å². The number of hydrogen-bond acceptors (Lipinski definition) is 10. The van der Waals surface area contributed by atoms with E-state index in [0.717, 1.165) is 44.9 Å². The average molecular weight is 655 g/mol. The fraction of sp³-hybridized carbons (Fsp3) is 1.00. The van der Waals surface area contributed by atoms with Crippen LogP contribution in [0.4, 0.5) is 0 Å². The molecule has 10 nitrogen and oxygen atoms in total. The summed E-state index contributed by atoms with van der Waals surface area (Å²) in [7, 11) is 0. The molecule has 10 heteroatoms. The van der Waals surface area contributed by atoms with E-state index in [-0.39, 0.29) is 50.9 Å². The molecule has 5 aliphatic carbocycles. The summed E-state index contributed by atoms with van der Waals surface area (Å²) in [6.07, 6.45) is -1.90. The van der Waals surface area contributed by atoms with Gasteiger partial charge in [-0.3, -0.25) is 0 Å². The molecule has 0 aromatic heterocycles. The lowest BCUT2D eigenvalue weighted by Crippen LogP contribution is -2.68. The van der Waals surface area contributed by atoms with Crippen molar-refractivity contribution >= 4 is 0 Å². The Morgan fingerprint density at radius 3 is 2.20 bits per heavy atom. The molecule has 0 unspecified atom stereocenters. The molecule has 266 valence electrons. The minimum Gasteiger partial charge on any atom is -0.394 e. The first kappa shape index (κ1) is 35.4. The fourth-order valence-corrected chi connectivity index (χ4v) is 13.1. The Hall–Kier alpha value is -0.400. The molecule has 5 saturated carbocycles. The Bertz CT molecular complexity index is 1140. The van der Waals surface area contributed by atoms with Crippen LogP contribution in [0, 0.1) is 50.7 Å². The highest BCUT2D eigenvalue weighted by molar-refractivity contribution is 5.33. The molecule has 0 aromatic rings. The second-order valence-electron chi connectivity index (χ2n) is 18.3. The van der Waals surface area contributed by atoms with Crippen LogP contribution in [0.2, 0.25) is 0 Å². The van der Waals surface area contributed by atoms with Gasteiger partial charge in [0.05, 0.1) is 30.5 Å². The first-order valence-corrected chi connectivity index (χ1v) is 18.0. The Balaban J connectivity index is 1.35. The SMILES string of the molecule is C[C@H](C[C@@H](O)[C@H](O)C(C)(C)O)[C@H]1CC[C@]23C[C@@]12CC[C@@H]1[C@@]2(C)CC[C@@H](O)C(C)(C)[C@@H]2C[C@@H](O[C@@H]2O[C@H](CO)[C@@H](O)[C@H](O)[C@H]2O)[C@]13C. The van der Waals surface area contributed by atoms with Gasteiger partial charge in [-0.1, -0.05) is 34.6 Å². The van der Waals surface area contributed by atoms with Crippen molar-refractivity contribution in [2.75, 3.05) is 6.61 Å². The van der Waals surface area contributed by atoms with E-state index in [9.17, 15) is 40.9 Å². The molecular formula is C36H62O10. The summed E-state index contributed by atoms with van der Waals surface area (Å²) in [5, 5.41) is 85.2. The third-order valence-corrected chi connectivity index (χ3v) is 15.6. The highest BCUT2D eigenvalue weighted by Crippen LogP contribution is 2.91. The van der Waals surface area contributed by atoms with Crippen LogP contribution in [0.1, 0.15) is 106 Å². The van der Waals surface area contributed by atoms with E-state index in [0.29, 0.717) is 18.8 Å². The molecule has 6 fully saturated rings. The van der Waals surface area contributed by atoms with Crippen LogP contribution in [0.5, 0.6) is 0 Å². The van der Waals surface area contributed by atoms with Crippen molar-refractivity contribution in [1.82, 2.24) is 0 Å². The van der Waals surface area contributed by atoms with E-state index >= 15 is 0 Å². The van der Waals surface area contributed by atoms with Crippen LogP contribution < -0.4 is 0 Å². The lowest BCUT2D eigenvalue weighted by molar-refractivity contribution is -0.344. The summed E-state index contributed by atoms with van der Waals surface area (Å²) in [4.78, 5) is 0. The van der Waals surface area contributed by atoms with Crippen LogP contribution in [0.25, 0.3) is 0 Å². The molecule has 6 rings (SSSR count). The molecule has 1 saturated heterocycles. The lowest BCUT2D eigenvalue weighted by atomic mass is 9.37. The smallest absolute Gasteiger partial charge is 0.186 e. The summed E-state index contributed by atoms with van der Waals surface area (Å²) in [5.41, 5.74) is -2.08. The zero-order valence-electron chi connectivity index (χ0n) is 29.0. The van der Waals surface area contributed by atoms with Crippen molar-refractivity contribution in [2.45, 2.75) is 167 Å². The molecule has 6 aliphatic rings. The van der Waals surface area contributed by atoms with E-state index in [1.54, 1.807) is 0 Å². The predicted molar refractivity (Wildman–Crippen MR) is 169 cm³/mol.